The molecule has 0 aliphatic carbocycles. The lowest BCUT2D eigenvalue weighted by molar-refractivity contribution is 0.174. The Morgan fingerprint density at radius 3 is 2.71 bits per heavy atom. The van der Waals surface area contributed by atoms with Gasteiger partial charge in [-0.2, -0.15) is 0 Å². The summed E-state index contributed by atoms with van der Waals surface area (Å²) in [6.07, 6.45) is 4.87. The molecule has 2 aliphatic rings. The van der Waals surface area contributed by atoms with Gasteiger partial charge in [-0.1, -0.05) is 13.8 Å². The van der Waals surface area contributed by atoms with E-state index < -0.39 is 9.84 Å². The molecular formula is C17H29N3O2S2. The first-order chi connectivity index (χ1) is 11.3. The lowest BCUT2D eigenvalue weighted by atomic mass is 9.90. The molecule has 136 valence electrons. The average molecular weight is 372 g/mol. The Balaban J connectivity index is 1.73. The van der Waals surface area contributed by atoms with Gasteiger partial charge in [0, 0.05) is 5.54 Å². The van der Waals surface area contributed by atoms with Crippen molar-refractivity contribution in [2.75, 3.05) is 26.2 Å². The summed E-state index contributed by atoms with van der Waals surface area (Å²) in [6, 6.07) is 0. The fourth-order valence-corrected chi connectivity index (χ4v) is 7.63. The van der Waals surface area contributed by atoms with Crippen LogP contribution in [0.25, 0.3) is 0 Å². The van der Waals surface area contributed by atoms with Crippen molar-refractivity contribution in [3.05, 3.63) is 11.7 Å². The van der Waals surface area contributed by atoms with Crippen LogP contribution in [-0.4, -0.2) is 55.3 Å². The lowest BCUT2D eigenvalue weighted by Gasteiger charge is -2.36. The molecule has 24 heavy (non-hydrogen) atoms. The molecule has 7 heteroatoms. The number of nitrogens with zero attached hydrogens (tertiary/aromatic N) is 2. The van der Waals surface area contributed by atoms with Gasteiger partial charge in [-0.25, -0.2) is 8.42 Å². The number of piperidine rings is 1. The number of nitrogens with one attached hydrogen (secondary N) is 1. The van der Waals surface area contributed by atoms with E-state index in [2.05, 4.69) is 29.0 Å². The first-order valence-corrected chi connectivity index (χ1v) is 11.4. The summed E-state index contributed by atoms with van der Waals surface area (Å²) in [5.74, 6) is 0.935. The molecule has 2 fully saturated rings. The van der Waals surface area contributed by atoms with Crippen LogP contribution in [0.1, 0.15) is 40.0 Å². The molecule has 2 saturated heterocycles. The summed E-state index contributed by atoms with van der Waals surface area (Å²) in [7, 11) is -3.34. The Morgan fingerprint density at radius 1 is 1.38 bits per heavy atom. The molecule has 0 saturated carbocycles. The molecule has 3 unspecified atom stereocenters. The van der Waals surface area contributed by atoms with Crippen LogP contribution in [0.5, 0.6) is 0 Å². The van der Waals surface area contributed by atoms with Crippen LogP contribution in [-0.2, 0) is 9.84 Å². The number of sulfone groups is 1. The van der Waals surface area contributed by atoms with E-state index in [9.17, 15) is 8.42 Å². The SMILES string of the molecule is CC1CCN(CCC2(C)NCC(C)C2S(=O)(=O)c2cncs2)CC1. The van der Waals surface area contributed by atoms with E-state index in [1.807, 2.05) is 6.92 Å². The van der Waals surface area contributed by atoms with E-state index >= 15 is 0 Å². The van der Waals surface area contributed by atoms with Crippen molar-refractivity contribution in [2.45, 2.75) is 55.0 Å². The number of hydrogen-bond acceptors (Lipinski definition) is 6. The Labute approximate surface area is 149 Å². The van der Waals surface area contributed by atoms with Gasteiger partial charge in [0.15, 0.2) is 9.84 Å². The highest BCUT2D eigenvalue weighted by atomic mass is 32.2. The third-order valence-corrected chi connectivity index (χ3v) is 9.69. The lowest BCUT2D eigenvalue weighted by Crippen LogP contribution is -2.51. The summed E-state index contributed by atoms with van der Waals surface area (Å²) in [5, 5.41) is 3.15. The summed E-state index contributed by atoms with van der Waals surface area (Å²) in [5.41, 5.74) is 1.23. The zero-order valence-electron chi connectivity index (χ0n) is 14.9. The minimum absolute atomic E-state index is 0.114. The molecule has 0 spiro atoms. The van der Waals surface area contributed by atoms with Crippen molar-refractivity contribution in [3.63, 3.8) is 0 Å². The zero-order valence-corrected chi connectivity index (χ0v) is 16.5. The summed E-state index contributed by atoms with van der Waals surface area (Å²) in [6.45, 7) is 10.5. The van der Waals surface area contributed by atoms with Gasteiger partial charge in [-0.3, -0.25) is 4.98 Å². The van der Waals surface area contributed by atoms with E-state index in [4.69, 9.17) is 0 Å². The first-order valence-electron chi connectivity index (χ1n) is 8.93. The summed E-state index contributed by atoms with van der Waals surface area (Å²) >= 11 is 1.23. The highest BCUT2D eigenvalue weighted by Crippen LogP contribution is 2.37. The maximum absolute atomic E-state index is 13.1. The molecule has 1 N–H and O–H groups in total. The summed E-state index contributed by atoms with van der Waals surface area (Å²) < 4.78 is 26.7. The van der Waals surface area contributed by atoms with Crippen LogP contribution in [0, 0.1) is 11.8 Å². The second-order valence-corrected chi connectivity index (χ2v) is 11.0. The van der Waals surface area contributed by atoms with E-state index in [0.717, 1.165) is 38.5 Å². The van der Waals surface area contributed by atoms with Crippen LogP contribution in [0.3, 0.4) is 0 Å². The Morgan fingerprint density at radius 2 is 2.08 bits per heavy atom. The molecule has 0 amide bonds. The van der Waals surface area contributed by atoms with E-state index in [0.29, 0.717) is 4.21 Å². The van der Waals surface area contributed by atoms with Gasteiger partial charge in [0.2, 0.25) is 0 Å². The van der Waals surface area contributed by atoms with Crippen LogP contribution < -0.4 is 5.32 Å². The number of hydrogen-bond donors (Lipinski definition) is 1. The fraction of sp³-hybridized carbons (Fsp3) is 0.824. The van der Waals surface area contributed by atoms with Crippen molar-refractivity contribution >= 4 is 21.2 Å². The number of likely N-dealkylation sites (tertiary alicyclic amines) is 1. The molecule has 1 aromatic heterocycles. The van der Waals surface area contributed by atoms with Crippen LogP contribution in [0.2, 0.25) is 0 Å². The van der Waals surface area contributed by atoms with Crippen LogP contribution in [0.4, 0.5) is 0 Å². The normalized spacial score (nSPS) is 33.1. The fourth-order valence-electron chi connectivity index (χ4n) is 4.25. The third kappa shape index (κ3) is 3.54. The van der Waals surface area contributed by atoms with E-state index in [-0.39, 0.29) is 16.7 Å². The predicted molar refractivity (Wildman–Crippen MR) is 98.1 cm³/mol. The van der Waals surface area contributed by atoms with Crippen molar-refractivity contribution in [3.8, 4) is 0 Å². The van der Waals surface area contributed by atoms with Crippen molar-refractivity contribution in [2.24, 2.45) is 11.8 Å². The molecule has 3 rings (SSSR count). The third-order valence-electron chi connectivity index (χ3n) is 5.82. The van der Waals surface area contributed by atoms with Crippen molar-refractivity contribution < 1.29 is 8.42 Å². The number of rotatable bonds is 5. The Bertz CT molecular complexity index is 639. The molecule has 3 heterocycles. The molecule has 3 atom stereocenters. The van der Waals surface area contributed by atoms with Gasteiger partial charge < -0.3 is 10.2 Å². The molecule has 2 aliphatic heterocycles. The molecule has 0 bridgehead atoms. The quantitative estimate of drug-likeness (QED) is 0.861. The first kappa shape index (κ1) is 18.3. The second-order valence-electron chi connectivity index (χ2n) is 7.84. The smallest absolute Gasteiger partial charge is 0.194 e. The average Bonchev–Trinajstić information content (AvgIpc) is 3.16. The maximum Gasteiger partial charge on any atom is 0.194 e. The van der Waals surface area contributed by atoms with Gasteiger partial charge in [0.05, 0.1) is 17.0 Å². The highest BCUT2D eigenvalue weighted by molar-refractivity contribution is 7.94. The topological polar surface area (TPSA) is 62.3 Å². The molecule has 0 aromatic carbocycles. The van der Waals surface area contributed by atoms with Gasteiger partial charge in [0.1, 0.15) is 4.21 Å². The predicted octanol–water partition coefficient (Wildman–Crippen LogP) is 2.41. The minimum atomic E-state index is -3.34. The van der Waals surface area contributed by atoms with Crippen LogP contribution >= 0.6 is 11.3 Å². The molecule has 5 nitrogen and oxygen atoms in total. The monoisotopic (exact) mass is 371 g/mol. The van der Waals surface area contributed by atoms with Gasteiger partial charge in [-0.05, 0) is 64.2 Å². The molecule has 1 aromatic rings. The summed E-state index contributed by atoms with van der Waals surface area (Å²) in [4.78, 5) is 6.46. The largest absolute Gasteiger partial charge is 0.310 e. The number of thiazole rings is 1. The van der Waals surface area contributed by atoms with Gasteiger partial charge in [-0.15, -0.1) is 11.3 Å². The highest BCUT2D eigenvalue weighted by Gasteiger charge is 2.51. The number of aromatic nitrogens is 1. The van der Waals surface area contributed by atoms with Crippen molar-refractivity contribution in [1.29, 1.82) is 0 Å². The Hall–Kier alpha value is -0.500. The second kappa shape index (κ2) is 7.02. The maximum atomic E-state index is 13.1. The van der Waals surface area contributed by atoms with E-state index in [1.54, 1.807) is 5.51 Å². The Kier molecular flexibility index (Phi) is 5.35. The van der Waals surface area contributed by atoms with E-state index in [1.165, 1.54) is 30.4 Å². The van der Waals surface area contributed by atoms with Crippen LogP contribution in [0.15, 0.2) is 15.9 Å². The van der Waals surface area contributed by atoms with Gasteiger partial charge in [0.25, 0.3) is 0 Å². The molecule has 0 radical (unpaired) electrons. The standard InChI is InChI=1S/C17H29N3O2S2/c1-13-4-7-20(8-5-13)9-6-17(3)16(14(2)10-19-17)24(21,22)15-11-18-12-23-15/h11-14,16,19H,4-10H2,1-3H3. The van der Waals surface area contributed by atoms with Gasteiger partial charge >= 0.3 is 0 Å². The zero-order chi connectivity index (χ0) is 17.4. The van der Waals surface area contributed by atoms with Crippen molar-refractivity contribution in [1.82, 2.24) is 15.2 Å². The molecular weight excluding hydrogens is 342 g/mol. The minimum Gasteiger partial charge on any atom is -0.310 e.